The molecule has 0 aliphatic heterocycles. The number of hydrogen-bond donors (Lipinski definition) is 0. The molecule has 3 heteroatoms. The van der Waals surface area contributed by atoms with Crippen LogP contribution in [0.5, 0.6) is 0 Å². The summed E-state index contributed by atoms with van der Waals surface area (Å²) in [5, 5.41) is 9.06. The molecule has 2 heterocycles. The number of benzene rings is 8. The van der Waals surface area contributed by atoms with Crippen molar-refractivity contribution in [2.75, 3.05) is 4.90 Å². The topological polar surface area (TPSA) is 29.5 Å². The van der Waals surface area contributed by atoms with E-state index in [2.05, 4.69) is 181 Å². The van der Waals surface area contributed by atoms with E-state index >= 15 is 0 Å². The van der Waals surface area contributed by atoms with Crippen LogP contribution in [0.4, 0.5) is 17.1 Å². The first kappa shape index (κ1) is 35.5. The van der Waals surface area contributed by atoms with Crippen LogP contribution >= 0.6 is 0 Å². The Balaban J connectivity index is 1.05. The van der Waals surface area contributed by atoms with E-state index < -0.39 is 0 Å². The Morgan fingerprint density at radius 1 is 0.567 bits per heavy atom. The van der Waals surface area contributed by atoms with Gasteiger partial charge in [0.1, 0.15) is 22.3 Å². The van der Waals surface area contributed by atoms with Crippen LogP contribution in [0.3, 0.4) is 0 Å². The lowest BCUT2D eigenvalue weighted by Crippen LogP contribution is -2.21. The van der Waals surface area contributed by atoms with Crippen molar-refractivity contribution in [2.24, 2.45) is 0 Å². The van der Waals surface area contributed by atoms with Crippen LogP contribution < -0.4 is 15.3 Å². The summed E-state index contributed by atoms with van der Waals surface area (Å²) in [5.74, 6) is 0. The quantitative estimate of drug-likeness (QED) is 0.154. The average Bonchev–Trinajstić information content (AvgIpc) is 3.88. The minimum absolute atomic E-state index is 0.823. The molecular formula is C57H41NO2. The molecule has 11 rings (SSSR count). The highest BCUT2D eigenvalue weighted by Gasteiger charge is 2.23. The van der Waals surface area contributed by atoms with E-state index in [-0.39, 0.29) is 0 Å². The predicted octanol–water partition coefficient (Wildman–Crippen LogP) is 14.5. The molecule has 0 amide bonds. The standard InChI is InChI=1S/C57H41NO2/c1-38-14-5-7-16-40(38)17-8-6-15-39-26-31-45(32-27-39)58(51-22-13-25-54-57(51)48-21-10-12-24-53(48)59-54)50-34-29-43(37-49(50)41-18-3-2-4-19-41)42-28-33-46-44(36-42)30-35-55-56(46)47-20-9-11-23-52(47)60-55/h3,5-14,16-37H,1-2,4,15H2/b8-6-,40-17-. The Morgan fingerprint density at radius 3 is 2.08 bits per heavy atom. The lowest BCUT2D eigenvalue weighted by molar-refractivity contribution is 0.668. The van der Waals surface area contributed by atoms with Crippen molar-refractivity contribution in [3.63, 3.8) is 0 Å². The lowest BCUT2D eigenvalue weighted by Gasteiger charge is -2.29. The SMILES string of the molecule is C=c1cccc/c1=C/C=C\Cc1ccc(N(c2ccc(-c3ccc4c(ccc5oc6ccccc6c54)c3)cc2C2=CCCC=C2)c2cccc3oc4ccccc4c23)cc1. The second kappa shape index (κ2) is 15.0. The van der Waals surface area contributed by atoms with Crippen LogP contribution in [0.2, 0.25) is 0 Å². The molecule has 0 saturated carbocycles. The highest BCUT2D eigenvalue weighted by molar-refractivity contribution is 6.19. The number of fused-ring (bicyclic) bond motifs is 8. The molecule has 286 valence electrons. The smallest absolute Gasteiger partial charge is 0.137 e. The number of nitrogens with zero attached hydrogens (tertiary/aromatic N) is 1. The van der Waals surface area contributed by atoms with Gasteiger partial charge in [-0.3, -0.25) is 0 Å². The molecule has 60 heavy (non-hydrogen) atoms. The van der Waals surface area contributed by atoms with Crippen molar-refractivity contribution < 1.29 is 8.83 Å². The first-order valence-electron chi connectivity index (χ1n) is 20.7. The molecule has 0 spiro atoms. The van der Waals surface area contributed by atoms with E-state index in [9.17, 15) is 0 Å². The molecule has 0 fully saturated rings. The van der Waals surface area contributed by atoms with Gasteiger partial charge in [0, 0.05) is 27.4 Å². The molecule has 0 radical (unpaired) electrons. The summed E-state index contributed by atoms with van der Waals surface area (Å²) in [4.78, 5) is 2.42. The molecule has 1 aliphatic rings. The van der Waals surface area contributed by atoms with Gasteiger partial charge >= 0.3 is 0 Å². The zero-order valence-electron chi connectivity index (χ0n) is 33.1. The van der Waals surface area contributed by atoms with Gasteiger partial charge in [0.05, 0.1) is 16.8 Å². The van der Waals surface area contributed by atoms with Crippen LogP contribution in [0.15, 0.2) is 203 Å². The van der Waals surface area contributed by atoms with Gasteiger partial charge in [-0.15, -0.1) is 0 Å². The Bertz CT molecular complexity index is 3490. The Kier molecular flexibility index (Phi) is 8.86. The van der Waals surface area contributed by atoms with Crippen molar-refractivity contribution in [3.05, 3.63) is 216 Å². The summed E-state index contributed by atoms with van der Waals surface area (Å²) in [5.41, 5.74) is 12.8. The molecular weight excluding hydrogens is 731 g/mol. The first-order valence-corrected chi connectivity index (χ1v) is 20.7. The number of allylic oxidation sites excluding steroid dienone is 6. The predicted molar refractivity (Wildman–Crippen MR) is 253 cm³/mol. The fourth-order valence-electron chi connectivity index (χ4n) is 8.89. The largest absolute Gasteiger partial charge is 0.456 e. The van der Waals surface area contributed by atoms with E-state index in [1.54, 1.807) is 0 Å². The molecule has 3 nitrogen and oxygen atoms in total. The maximum atomic E-state index is 6.46. The summed E-state index contributed by atoms with van der Waals surface area (Å²) in [6.45, 7) is 4.16. The van der Waals surface area contributed by atoms with Gasteiger partial charge in [-0.25, -0.2) is 0 Å². The molecule has 0 N–H and O–H groups in total. The molecule has 0 unspecified atom stereocenters. The summed E-state index contributed by atoms with van der Waals surface area (Å²) in [6.07, 6.45) is 16.3. The van der Waals surface area contributed by atoms with Crippen LogP contribution in [-0.4, -0.2) is 0 Å². The van der Waals surface area contributed by atoms with Crippen LogP contribution in [-0.2, 0) is 6.42 Å². The molecule has 1 aliphatic carbocycles. The van der Waals surface area contributed by atoms with Crippen molar-refractivity contribution in [1.82, 2.24) is 0 Å². The number of rotatable bonds is 8. The highest BCUT2D eigenvalue weighted by atomic mass is 16.3. The van der Waals surface area contributed by atoms with Crippen molar-refractivity contribution in [3.8, 4) is 11.1 Å². The summed E-state index contributed by atoms with van der Waals surface area (Å²) >= 11 is 0. The molecule has 0 saturated heterocycles. The fraction of sp³-hybridized carbons (Fsp3) is 0.0526. The van der Waals surface area contributed by atoms with Crippen molar-refractivity contribution in [1.29, 1.82) is 0 Å². The molecule has 10 aromatic rings. The van der Waals surface area contributed by atoms with E-state index in [4.69, 9.17) is 8.83 Å². The third-order valence-corrected chi connectivity index (χ3v) is 11.9. The normalized spacial score (nSPS) is 13.4. The third kappa shape index (κ3) is 6.32. The summed E-state index contributed by atoms with van der Waals surface area (Å²) in [6, 6.07) is 58.4. The van der Waals surface area contributed by atoms with Crippen molar-refractivity contribution in [2.45, 2.75) is 19.3 Å². The number of para-hydroxylation sites is 2. The van der Waals surface area contributed by atoms with Gasteiger partial charge in [0.2, 0.25) is 0 Å². The van der Waals surface area contributed by atoms with Crippen LogP contribution in [0, 0.1) is 0 Å². The summed E-state index contributed by atoms with van der Waals surface area (Å²) in [7, 11) is 0. The molecule has 0 atom stereocenters. The Hall–Kier alpha value is -7.62. The van der Waals surface area contributed by atoms with E-state index in [1.807, 2.05) is 30.3 Å². The molecule has 8 aromatic carbocycles. The zero-order valence-corrected chi connectivity index (χ0v) is 33.1. The Labute approximate surface area is 348 Å². The van der Waals surface area contributed by atoms with E-state index in [0.29, 0.717) is 0 Å². The zero-order chi connectivity index (χ0) is 40.0. The lowest BCUT2D eigenvalue weighted by atomic mass is 9.92. The van der Waals surface area contributed by atoms with Gasteiger partial charge < -0.3 is 13.7 Å². The van der Waals surface area contributed by atoms with Gasteiger partial charge in [-0.05, 0) is 123 Å². The van der Waals surface area contributed by atoms with E-state index in [0.717, 1.165) is 85.3 Å². The first-order chi connectivity index (χ1) is 29.7. The van der Waals surface area contributed by atoms with Gasteiger partial charge in [0.15, 0.2) is 0 Å². The number of hydrogen-bond acceptors (Lipinski definition) is 3. The van der Waals surface area contributed by atoms with Crippen LogP contribution in [0.1, 0.15) is 24.0 Å². The van der Waals surface area contributed by atoms with E-state index in [1.165, 1.54) is 44.0 Å². The maximum Gasteiger partial charge on any atom is 0.137 e. The van der Waals surface area contributed by atoms with Gasteiger partial charge in [-0.1, -0.05) is 146 Å². The molecule has 0 bridgehead atoms. The number of furan rings is 2. The fourth-order valence-corrected chi connectivity index (χ4v) is 8.89. The minimum Gasteiger partial charge on any atom is -0.456 e. The van der Waals surface area contributed by atoms with Gasteiger partial charge in [-0.2, -0.15) is 0 Å². The second-order valence-corrected chi connectivity index (χ2v) is 15.6. The number of anilines is 3. The Morgan fingerprint density at radius 2 is 1.28 bits per heavy atom. The second-order valence-electron chi connectivity index (χ2n) is 15.6. The third-order valence-electron chi connectivity index (χ3n) is 11.9. The molecule has 2 aromatic heterocycles. The average molecular weight is 772 g/mol. The highest BCUT2D eigenvalue weighted by Crippen LogP contribution is 2.46. The van der Waals surface area contributed by atoms with Crippen LogP contribution in [0.25, 0.3) is 84.0 Å². The maximum absolute atomic E-state index is 6.46. The van der Waals surface area contributed by atoms with Crippen molar-refractivity contribution >= 4 is 89.9 Å². The summed E-state index contributed by atoms with van der Waals surface area (Å²) < 4.78 is 12.7. The van der Waals surface area contributed by atoms with Gasteiger partial charge in [0.25, 0.3) is 0 Å². The monoisotopic (exact) mass is 771 g/mol. The minimum atomic E-state index is 0.823.